The summed E-state index contributed by atoms with van der Waals surface area (Å²) in [6.45, 7) is 4.05. The SMILES string of the molecule is CC(C)CCS(=O)(=O)NCc1sccc1C#CCO. The number of rotatable bonds is 6. The Morgan fingerprint density at radius 2 is 2.21 bits per heavy atom. The van der Waals surface area contributed by atoms with Crippen molar-refractivity contribution < 1.29 is 13.5 Å². The Kier molecular flexibility index (Phi) is 6.52. The molecule has 1 aromatic rings. The average molecular weight is 301 g/mol. The second-order valence-electron chi connectivity index (χ2n) is 4.54. The summed E-state index contributed by atoms with van der Waals surface area (Å²) in [7, 11) is -3.23. The molecule has 0 bridgehead atoms. The van der Waals surface area contributed by atoms with E-state index in [0.717, 1.165) is 10.4 Å². The van der Waals surface area contributed by atoms with Gasteiger partial charge in [-0.1, -0.05) is 25.7 Å². The van der Waals surface area contributed by atoms with Crippen molar-refractivity contribution >= 4 is 21.4 Å². The maximum absolute atomic E-state index is 11.8. The van der Waals surface area contributed by atoms with Gasteiger partial charge in [0.15, 0.2) is 0 Å². The van der Waals surface area contributed by atoms with E-state index < -0.39 is 10.0 Å². The van der Waals surface area contributed by atoms with Gasteiger partial charge < -0.3 is 5.11 Å². The highest BCUT2D eigenvalue weighted by atomic mass is 32.2. The van der Waals surface area contributed by atoms with Gasteiger partial charge in [0.2, 0.25) is 10.0 Å². The van der Waals surface area contributed by atoms with Crippen LogP contribution in [0, 0.1) is 17.8 Å². The normalized spacial score (nSPS) is 11.4. The van der Waals surface area contributed by atoms with Gasteiger partial charge in [-0.15, -0.1) is 11.3 Å². The quantitative estimate of drug-likeness (QED) is 0.784. The van der Waals surface area contributed by atoms with Gasteiger partial charge in [0.1, 0.15) is 6.61 Å². The number of aliphatic hydroxyl groups excluding tert-OH is 1. The van der Waals surface area contributed by atoms with E-state index in [4.69, 9.17) is 5.11 Å². The molecule has 0 aliphatic carbocycles. The van der Waals surface area contributed by atoms with Crippen molar-refractivity contribution in [2.75, 3.05) is 12.4 Å². The first-order valence-corrected chi connectivity index (χ1v) is 8.61. The summed E-state index contributed by atoms with van der Waals surface area (Å²) in [6, 6.07) is 1.82. The lowest BCUT2D eigenvalue weighted by molar-refractivity contribution is 0.350. The molecule has 6 heteroatoms. The monoisotopic (exact) mass is 301 g/mol. The van der Waals surface area contributed by atoms with Gasteiger partial charge in [0, 0.05) is 17.0 Å². The summed E-state index contributed by atoms with van der Waals surface area (Å²) in [5.41, 5.74) is 0.769. The van der Waals surface area contributed by atoms with Crippen molar-refractivity contribution in [3.05, 3.63) is 21.9 Å². The Morgan fingerprint density at radius 1 is 1.47 bits per heavy atom. The number of hydrogen-bond donors (Lipinski definition) is 2. The fraction of sp³-hybridized carbons (Fsp3) is 0.538. The van der Waals surface area contributed by atoms with Gasteiger partial charge in [-0.05, 0) is 23.8 Å². The molecule has 0 unspecified atom stereocenters. The summed E-state index contributed by atoms with van der Waals surface area (Å²) in [6.07, 6.45) is 0.650. The fourth-order valence-corrected chi connectivity index (χ4v) is 3.51. The van der Waals surface area contributed by atoms with E-state index in [9.17, 15) is 8.42 Å². The highest BCUT2D eigenvalue weighted by Crippen LogP contribution is 2.16. The smallest absolute Gasteiger partial charge is 0.211 e. The minimum absolute atomic E-state index is 0.147. The average Bonchev–Trinajstić information content (AvgIpc) is 2.79. The largest absolute Gasteiger partial charge is 0.384 e. The molecule has 0 spiro atoms. The van der Waals surface area contributed by atoms with Crippen molar-refractivity contribution in [1.29, 1.82) is 0 Å². The Hall–Kier alpha value is -0.870. The van der Waals surface area contributed by atoms with Crippen molar-refractivity contribution in [3.63, 3.8) is 0 Å². The zero-order chi connectivity index (χ0) is 14.3. The lowest BCUT2D eigenvalue weighted by atomic mass is 10.2. The topological polar surface area (TPSA) is 66.4 Å². The maximum atomic E-state index is 11.8. The van der Waals surface area contributed by atoms with Crippen LogP contribution in [-0.2, 0) is 16.6 Å². The standard InChI is InChI=1S/C13H19NO3S2/c1-11(2)6-9-19(16,17)14-10-13-12(4-3-7-15)5-8-18-13/h5,8,11,14-15H,6-7,9-10H2,1-2H3. The zero-order valence-corrected chi connectivity index (χ0v) is 12.8. The van der Waals surface area contributed by atoms with Gasteiger partial charge >= 0.3 is 0 Å². The zero-order valence-electron chi connectivity index (χ0n) is 11.1. The molecule has 4 nitrogen and oxygen atoms in total. The van der Waals surface area contributed by atoms with Gasteiger partial charge in [0.25, 0.3) is 0 Å². The first-order chi connectivity index (χ1) is 8.94. The van der Waals surface area contributed by atoms with E-state index in [1.807, 2.05) is 25.3 Å². The molecule has 1 heterocycles. The molecule has 0 atom stereocenters. The lowest BCUT2D eigenvalue weighted by Crippen LogP contribution is -2.26. The van der Waals surface area contributed by atoms with Crippen LogP contribution in [0.1, 0.15) is 30.7 Å². The molecule has 1 rings (SSSR count). The molecule has 0 aliphatic rings. The van der Waals surface area contributed by atoms with Crippen molar-refractivity contribution in [1.82, 2.24) is 4.72 Å². The number of thiophene rings is 1. The summed E-state index contributed by atoms with van der Waals surface area (Å²) in [4.78, 5) is 0.870. The highest BCUT2D eigenvalue weighted by Gasteiger charge is 2.12. The molecule has 19 heavy (non-hydrogen) atoms. The minimum atomic E-state index is -3.23. The molecule has 106 valence electrons. The van der Waals surface area contributed by atoms with Gasteiger partial charge in [-0.3, -0.25) is 0 Å². The summed E-state index contributed by atoms with van der Waals surface area (Å²) in [5, 5.41) is 10.5. The predicted molar refractivity (Wildman–Crippen MR) is 78.4 cm³/mol. The summed E-state index contributed by atoms with van der Waals surface area (Å²) < 4.78 is 26.1. The Labute approximate surface area is 118 Å². The van der Waals surface area contributed by atoms with E-state index in [1.54, 1.807) is 0 Å². The molecule has 2 N–H and O–H groups in total. The van der Waals surface area contributed by atoms with E-state index in [1.165, 1.54) is 11.3 Å². The summed E-state index contributed by atoms with van der Waals surface area (Å²) in [5.74, 6) is 5.88. The molecule has 0 radical (unpaired) electrons. The van der Waals surface area contributed by atoms with Crippen molar-refractivity contribution in [2.24, 2.45) is 5.92 Å². The van der Waals surface area contributed by atoms with Crippen LogP contribution in [-0.4, -0.2) is 25.9 Å². The molecule has 0 aliphatic heterocycles. The molecule has 0 saturated carbocycles. The molecular formula is C13H19NO3S2. The Morgan fingerprint density at radius 3 is 2.84 bits per heavy atom. The van der Waals surface area contributed by atoms with Crippen LogP contribution < -0.4 is 4.72 Å². The van der Waals surface area contributed by atoms with Crippen LogP contribution in [0.5, 0.6) is 0 Å². The summed E-state index contributed by atoms with van der Waals surface area (Å²) >= 11 is 1.45. The third-order valence-corrected chi connectivity index (χ3v) is 4.74. The molecule has 1 aromatic heterocycles. The molecular weight excluding hydrogens is 282 g/mol. The van der Waals surface area contributed by atoms with Crippen molar-refractivity contribution in [3.8, 4) is 11.8 Å². The predicted octanol–water partition coefficient (Wildman–Crippen LogP) is 1.56. The Bertz CT molecular complexity index is 550. The third kappa shape index (κ3) is 6.21. The first-order valence-electron chi connectivity index (χ1n) is 6.08. The number of hydrogen-bond acceptors (Lipinski definition) is 4. The third-order valence-electron chi connectivity index (χ3n) is 2.46. The Balaban J connectivity index is 2.59. The van der Waals surface area contributed by atoms with E-state index in [-0.39, 0.29) is 18.9 Å². The molecule has 0 aromatic carbocycles. The van der Waals surface area contributed by atoms with Gasteiger partial charge in [-0.2, -0.15) is 0 Å². The maximum Gasteiger partial charge on any atom is 0.211 e. The van der Waals surface area contributed by atoms with Crippen LogP contribution in [0.15, 0.2) is 11.4 Å². The van der Waals surface area contributed by atoms with E-state index in [0.29, 0.717) is 12.3 Å². The minimum Gasteiger partial charge on any atom is -0.384 e. The molecule has 0 amide bonds. The second kappa shape index (κ2) is 7.65. The van der Waals surface area contributed by atoms with E-state index in [2.05, 4.69) is 16.6 Å². The highest BCUT2D eigenvalue weighted by molar-refractivity contribution is 7.89. The first kappa shape index (κ1) is 16.2. The second-order valence-corrected chi connectivity index (χ2v) is 7.47. The number of sulfonamides is 1. The lowest BCUT2D eigenvalue weighted by Gasteiger charge is -2.07. The van der Waals surface area contributed by atoms with Gasteiger partial charge in [0.05, 0.1) is 5.75 Å². The van der Waals surface area contributed by atoms with Crippen LogP contribution in [0.25, 0.3) is 0 Å². The number of nitrogens with one attached hydrogen (secondary N) is 1. The van der Waals surface area contributed by atoms with Crippen LogP contribution >= 0.6 is 11.3 Å². The fourth-order valence-electron chi connectivity index (χ4n) is 1.36. The molecule has 0 saturated heterocycles. The van der Waals surface area contributed by atoms with Crippen LogP contribution in [0.3, 0.4) is 0 Å². The van der Waals surface area contributed by atoms with Gasteiger partial charge in [-0.25, -0.2) is 13.1 Å². The van der Waals surface area contributed by atoms with Crippen LogP contribution in [0.4, 0.5) is 0 Å². The van der Waals surface area contributed by atoms with Crippen molar-refractivity contribution in [2.45, 2.75) is 26.8 Å². The van der Waals surface area contributed by atoms with E-state index >= 15 is 0 Å². The number of aliphatic hydroxyl groups is 1. The molecule has 0 fully saturated rings. The van der Waals surface area contributed by atoms with Crippen LogP contribution in [0.2, 0.25) is 0 Å².